The Morgan fingerprint density at radius 2 is 1.79 bits per heavy atom. The average Bonchev–Trinajstić information content (AvgIpc) is 3.37. The minimum Gasteiger partial charge on any atom is -0.369 e. The summed E-state index contributed by atoms with van der Waals surface area (Å²) >= 11 is 0. The molecule has 178 valence electrons. The van der Waals surface area contributed by atoms with Crippen molar-refractivity contribution in [2.24, 2.45) is 11.7 Å². The van der Waals surface area contributed by atoms with E-state index in [0.717, 1.165) is 5.56 Å². The van der Waals surface area contributed by atoms with E-state index in [2.05, 4.69) is 5.10 Å². The SMILES string of the molecule is Cc1nn([C@H]2CCS(=O)(=O)C2)c2nc(-c3ccccc3)cc(C(=O)N3CCC(C(N)=O)CC3)c12. The zero-order chi connectivity index (χ0) is 24.0. The summed E-state index contributed by atoms with van der Waals surface area (Å²) in [6.07, 6.45) is 1.55. The van der Waals surface area contributed by atoms with Gasteiger partial charge in [0, 0.05) is 24.6 Å². The summed E-state index contributed by atoms with van der Waals surface area (Å²) in [6.45, 7) is 2.72. The summed E-state index contributed by atoms with van der Waals surface area (Å²) in [5.74, 6) is -0.542. The van der Waals surface area contributed by atoms with E-state index < -0.39 is 9.84 Å². The molecule has 1 aromatic carbocycles. The lowest BCUT2D eigenvalue weighted by Gasteiger charge is -2.30. The van der Waals surface area contributed by atoms with Crippen LogP contribution >= 0.6 is 0 Å². The molecule has 10 heteroatoms. The Bertz CT molecular complexity index is 1380. The van der Waals surface area contributed by atoms with Crippen LogP contribution in [0.2, 0.25) is 0 Å². The number of hydrogen-bond donors (Lipinski definition) is 1. The van der Waals surface area contributed by atoms with Gasteiger partial charge in [0.05, 0.1) is 39.9 Å². The second-order valence-electron chi connectivity index (χ2n) is 9.18. The maximum atomic E-state index is 13.7. The molecule has 2 saturated heterocycles. The van der Waals surface area contributed by atoms with Gasteiger partial charge >= 0.3 is 0 Å². The minimum atomic E-state index is -3.12. The Labute approximate surface area is 197 Å². The number of carbonyl (C=O) groups excluding carboxylic acids is 2. The molecule has 2 aliphatic heterocycles. The van der Waals surface area contributed by atoms with E-state index in [-0.39, 0.29) is 35.3 Å². The third-order valence-electron chi connectivity index (χ3n) is 6.88. The number of piperidine rings is 1. The highest BCUT2D eigenvalue weighted by Crippen LogP contribution is 2.33. The van der Waals surface area contributed by atoms with Crippen LogP contribution < -0.4 is 5.73 Å². The smallest absolute Gasteiger partial charge is 0.254 e. The van der Waals surface area contributed by atoms with Crippen LogP contribution in [0.3, 0.4) is 0 Å². The summed E-state index contributed by atoms with van der Waals surface area (Å²) in [5.41, 5.74) is 8.60. The van der Waals surface area contributed by atoms with Crippen molar-refractivity contribution < 1.29 is 18.0 Å². The highest BCUT2D eigenvalue weighted by atomic mass is 32.2. The standard InChI is InChI=1S/C24H27N5O4S/c1-15-21-19(24(31)28-10-7-17(8-11-28)22(25)30)13-20(16-5-3-2-4-6-16)26-23(21)29(27-15)18-9-12-34(32,33)14-18/h2-6,13,17-18H,7-12,14H2,1H3,(H2,25,30)/t18-/m0/s1. The molecule has 0 spiro atoms. The number of aryl methyl sites for hydroxylation is 1. The van der Waals surface area contributed by atoms with Crippen LogP contribution in [0.4, 0.5) is 0 Å². The lowest BCUT2D eigenvalue weighted by molar-refractivity contribution is -0.123. The summed E-state index contributed by atoms with van der Waals surface area (Å²) in [5, 5.41) is 5.30. The summed E-state index contributed by atoms with van der Waals surface area (Å²) in [7, 11) is -3.12. The van der Waals surface area contributed by atoms with Crippen molar-refractivity contribution in [3.05, 3.63) is 47.7 Å². The number of nitrogens with zero attached hydrogens (tertiary/aromatic N) is 4. The Hall–Kier alpha value is -3.27. The van der Waals surface area contributed by atoms with Gasteiger partial charge in [-0.25, -0.2) is 18.1 Å². The number of nitrogens with two attached hydrogens (primary N) is 1. The fourth-order valence-electron chi connectivity index (χ4n) is 5.00. The molecule has 3 aromatic rings. The van der Waals surface area contributed by atoms with Crippen molar-refractivity contribution in [2.45, 2.75) is 32.2 Å². The fourth-order valence-corrected chi connectivity index (χ4v) is 6.69. The molecule has 34 heavy (non-hydrogen) atoms. The summed E-state index contributed by atoms with van der Waals surface area (Å²) in [6, 6.07) is 11.1. The van der Waals surface area contributed by atoms with Gasteiger partial charge in [-0.1, -0.05) is 30.3 Å². The van der Waals surface area contributed by atoms with Crippen molar-refractivity contribution in [3.8, 4) is 11.3 Å². The number of rotatable bonds is 4. The highest BCUT2D eigenvalue weighted by molar-refractivity contribution is 7.91. The molecular formula is C24H27N5O4S. The van der Waals surface area contributed by atoms with E-state index in [9.17, 15) is 18.0 Å². The molecule has 9 nitrogen and oxygen atoms in total. The third-order valence-corrected chi connectivity index (χ3v) is 8.63. The van der Waals surface area contributed by atoms with Crippen LogP contribution in [0.1, 0.15) is 41.4 Å². The first-order chi connectivity index (χ1) is 16.2. The molecule has 0 saturated carbocycles. The predicted molar refractivity (Wildman–Crippen MR) is 128 cm³/mol. The number of aromatic nitrogens is 3. The maximum absolute atomic E-state index is 13.7. The molecule has 2 aliphatic rings. The second kappa shape index (κ2) is 8.50. The van der Waals surface area contributed by atoms with E-state index in [1.54, 1.807) is 15.6 Å². The average molecular weight is 482 g/mol. The number of sulfone groups is 1. The number of fused-ring (bicyclic) bond motifs is 1. The number of primary amides is 1. The molecule has 4 heterocycles. The van der Waals surface area contributed by atoms with E-state index >= 15 is 0 Å². The quantitative estimate of drug-likeness (QED) is 0.608. The number of likely N-dealkylation sites (tertiary alicyclic amines) is 1. The first-order valence-corrected chi connectivity index (χ1v) is 13.3. The molecule has 2 N–H and O–H groups in total. The van der Waals surface area contributed by atoms with Crippen molar-refractivity contribution >= 4 is 32.7 Å². The van der Waals surface area contributed by atoms with Gasteiger partial charge in [-0.2, -0.15) is 5.10 Å². The van der Waals surface area contributed by atoms with Crippen molar-refractivity contribution in [3.63, 3.8) is 0 Å². The van der Waals surface area contributed by atoms with Crippen LogP contribution in [-0.4, -0.2) is 64.5 Å². The van der Waals surface area contributed by atoms with Gasteiger partial charge < -0.3 is 10.6 Å². The number of hydrogen-bond acceptors (Lipinski definition) is 6. The summed E-state index contributed by atoms with van der Waals surface area (Å²) < 4.78 is 26.0. The Kier molecular flexibility index (Phi) is 5.63. The molecule has 2 fully saturated rings. The molecule has 0 bridgehead atoms. The second-order valence-corrected chi connectivity index (χ2v) is 11.4. The Morgan fingerprint density at radius 3 is 2.41 bits per heavy atom. The molecule has 0 radical (unpaired) electrons. The minimum absolute atomic E-state index is 0.0182. The Morgan fingerprint density at radius 1 is 1.09 bits per heavy atom. The van der Waals surface area contributed by atoms with Gasteiger partial charge in [0.1, 0.15) is 0 Å². The van der Waals surface area contributed by atoms with Crippen LogP contribution in [0, 0.1) is 12.8 Å². The number of carbonyl (C=O) groups is 2. The van der Waals surface area contributed by atoms with Gasteiger partial charge in [0.15, 0.2) is 15.5 Å². The van der Waals surface area contributed by atoms with Gasteiger partial charge in [-0.05, 0) is 32.3 Å². The van der Waals surface area contributed by atoms with E-state index in [1.807, 2.05) is 37.3 Å². The van der Waals surface area contributed by atoms with Crippen LogP contribution in [-0.2, 0) is 14.6 Å². The molecule has 0 aliphatic carbocycles. The van der Waals surface area contributed by atoms with Gasteiger partial charge in [-0.3, -0.25) is 9.59 Å². The first-order valence-electron chi connectivity index (χ1n) is 11.5. The van der Waals surface area contributed by atoms with Gasteiger partial charge in [-0.15, -0.1) is 0 Å². The molecule has 0 unspecified atom stereocenters. The van der Waals surface area contributed by atoms with Gasteiger partial charge in [0.2, 0.25) is 5.91 Å². The third kappa shape index (κ3) is 4.06. The van der Waals surface area contributed by atoms with E-state index in [0.29, 0.717) is 60.3 Å². The maximum Gasteiger partial charge on any atom is 0.254 e. The monoisotopic (exact) mass is 481 g/mol. The summed E-state index contributed by atoms with van der Waals surface area (Å²) in [4.78, 5) is 31.9. The molecule has 2 amide bonds. The van der Waals surface area contributed by atoms with Crippen molar-refractivity contribution in [1.82, 2.24) is 19.7 Å². The topological polar surface area (TPSA) is 128 Å². The number of pyridine rings is 1. The molecular weight excluding hydrogens is 454 g/mol. The van der Waals surface area contributed by atoms with Crippen LogP contribution in [0.15, 0.2) is 36.4 Å². The highest BCUT2D eigenvalue weighted by Gasteiger charge is 2.33. The molecule has 5 rings (SSSR count). The zero-order valence-corrected chi connectivity index (χ0v) is 19.8. The van der Waals surface area contributed by atoms with Crippen LogP contribution in [0.25, 0.3) is 22.3 Å². The van der Waals surface area contributed by atoms with Crippen molar-refractivity contribution in [2.75, 3.05) is 24.6 Å². The Balaban J connectivity index is 1.62. The molecule has 2 aromatic heterocycles. The van der Waals surface area contributed by atoms with Crippen LogP contribution in [0.5, 0.6) is 0 Å². The predicted octanol–water partition coefficient (Wildman–Crippen LogP) is 2.10. The van der Waals surface area contributed by atoms with Crippen molar-refractivity contribution in [1.29, 1.82) is 0 Å². The number of amides is 2. The lowest BCUT2D eigenvalue weighted by atomic mass is 9.95. The zero-order valence-electron chi connectivity index (χ0n) is 19.0. The fraction of sp³-hybridized carbons (Fsp3) is 0.417. The first kappa shape index (κ1) is 22.5. The largest absolute Gasteiger partial charge is 0.369 e. The van der Waals surface area contributed by atoms with E-state index in [1.165, 1.54) is 0 Å². The lowest BCUT2D eigenvalue weighted by Crippen LogP contribution is -2.41. The van der Waals surface area contributed by atoms with Gasteiger partial charge in [0.25, 0.3) is 5.91 Å². The molecule has 1 atom stereocenters. The van der Waals surface area contributed by atoms with E-state index in [4.69, 9.17) is 10.7 Å². The number of benzene rings is 1. The normalized spacial score (nSPS) is 20.6.